The molecule has 0 saturated carbocycles. The van der Waals surface area contributed by atoms with Gasteiger partial charge in [0, 0.05) is 30.8 Å². The summed E-state index contributed by atoms with van der Waals surface area (Å²) in [5.41, 5.74) is 1.09. The largest absolute Gasteiger partial charge is 0.345 e. The third-order valence-corrected chi connectivity index (χ3v) is 3.65. The minimum atomic E-state index is -0.905. The summed E-state index contributed by atoms with van der Waals surface area (Å²) < 4.78 is 28.7. The van der Waals surface area contributed by atoms with E-state index in [0.717, 1.165) is 16.6 Å². The summed E-state index contributed by atoms with van der Waals surface area (Å²) in [5, 5.41) is 0. The van der Waals surface area contributed by atoms with Gasteiger partial charge in [0.15, 0.2) is 11.6 Å². The first-order valence-corrected chi connectivity index (χ1v) is 7.26. The second-order valence-corrected chi connectivity index (χ2v) is 5.64. The lowest BCUT2D eigenvalue weighted by Gasteiger charge is -2.21. The van der Waals surface area contributed by atoms with Crippen LogP contribution in [0.25, 0.3) is 0 Å². The lowest BCUT2D eigenvalue weighted by Crippen LogP contribution is -2.31. The SMILES string of the molecule is CCN(Cc1ccc(F)c(F)c1)C(=O)c1cc(Br)cn1C. The standard InChI is InChI=1S/C15H15BrF2N2O/c1-3-20(8-10-4-5-12(17)13(18)6-10)15(21)14-7-11(16)9-19(14)2/h4-7,9H,3,8H2,1-2H3. The molecule has 21 heavy (non-hydrogen) atoms. The van der Waals surface area contributed by atoms with Gasteiger partial charge in [0.1, 0.15) is 5.69 Å². The topological polar surface area (TPSA) is 25.2 Å². The Morgan fingerprint density at radius 1 is 1.29 bits per heavy atom. The van der Waals surface area contributed by atoms with Crippen molar-refractivity contribution in [1.29, 1.82) is 0 Å². The summed E-state index contributed by atoms with van der Waals surface area (Å²) in [6.45, 7) is 2.55. The van der Waals surface area contributed by atoms with Crippen molar-refractivity contribution in [2.75, 3.05) is 6.54 Å². The van der Waals surface area contributed by atoms with E-state index in [4.69, 9.17) is 0 Å². The molecule has 1 amide bonds. The zero-order valence-electron chi connectivity index (χ0n) is 11.7. The fraction of sp³-hybridized carbons (Fsp3) is 0.267. The van der Waals surface area contributed by atoms with Crippen molar-refractivity contribution in [3.8, 4) is 0 Å². The van der Waals surface area contributed by atoms with Gasteiger partial charge in [-0.3, -0.25) is 4.79 Å². The highest BCUT2D eigenvalue weighted by Crippen LogP contribution is 2.17. The van der Waals surface area contributed by atoms with Crippen LogP contribution in [0.1, 0.15) is 23.0 Å². The maximum absolute atomic E-state index is 13.2. The van der Waals surface area contributed by atoms with Crippen LogP contribution in [0.4, 0.5) is 8.78 Å². The molecule has 2 rings (SSSR count). The number of rotatable bonds is 4. The number of hydrogen-bond donors (Lipinski definition) is 0. The first-order valence-electron chi connectivity index (χ1n) is 6.47. The van der Waals surface area contributed by atoms with Crippen LogP contribution in [0.3, 0.4) is 0 Å². The van der Waals surface area contributed by atoms with Crippen molar-refractivity contribution in [3.63, 3.8) is 0 Å². The van der Waals surface area contributed by atoms with Gasteiger partial charge < -0.3 is 9.47 Å². The molecule has 0 saturated heterocycles. The monoisotopic (exact) mass is 356 g/mol. The molecule has 112 valence electrons. The van der Waals surface area contributed by atoms with Crippen molar-refractivity contribution >= 4 is 21.8 Å². The number of aryl methyl sites for hydroxylation is 1. The maximum Gasteiger partial charge on any atom is 0.270 e. The van der Waals surface area contributed by atoms with Crippen molar-refractivity contribution in [1.82, 2.24) is 9.47 Å². The van der Waals surface area contributed by atoms with E-state index in [2.05, 4.69) is 15.9 Å². The van der Waals surface area contributed by atoms with Gasteiger partial charge in [0.2, 0.25) is 0 Å². The number of halogens is 3. The number of amides is 1. The quantitative estimate of drug-likeness (QED) is 0.819. The Bertz CT molecular complexity index is 670. The molecular formula is C15H15BrF2N2O. The van der Waals surface area contributed by atoms with Crippen molar-refractivity contribution in [2.24, 2.45) is 7.05 Å². The van der Waals surface area contributed by atoms with Crippen molar-refractivity contribution < 1.29 is 13.6 Å². The molecule has 1 aromatic carbocycles. The number of hydrogen-bond acceptors (Lipinski definition) is 1. The molecule has 0 aliphatic rings. The van der Waals surface area contributed by atoms with Gasteiger partial charge in [-0.2, -0.15) is 0 Å². The second kappa shape index (κ2) is 6.39. The van der Waals surface area contributed by atoms with Crippen LogP contribution in [0.2, 0.25) is 0 Å². The normalized spacial score (nSPS) is 10.7. The molecule has 0 N–H and O–H groups in total. The zero-order chi connectivity index (χ0) is 15.6. The predicted octanol–water partition coefficient (Wildman–Crippen LogP) is 3.73. The van der Waals surface area contributed by atoms with E-state index >= 15 is 0 Å². The molecule has 1 heterocycles. The summed E-state index contributed by atoms with van der Waals surface area (Å²) in [6.07, 6.45) is 1.79. The Labute approximate surface area is 130 Å². The van der Waals surface area contributed by atoms with Gasteiger partial charge in [-0.1, -0.05) is 6.07 Å². The van der Waals surface area contributed by atoms with Crippen LogP contribution >= 0.6 is 15.9 Å². The zero-order valence-corrected chi connectivity index (χ0v) is 13.3. The Morgan fingerprint density at radius 2 is 2.00 bits per heavy atom. The Morgan fingerprint density at radius 3 is 2.52 bits per heavy atom. The fourth-order valence-corrected chi connectivity index (χ4v) is 2.61. The highest BCUT2D eigenvalue weighted by atomic mass is 79.9. The third kappa shape index (κ3) is 3.50. The van der Waals surface area contributed by atoms with Crippen LogP contribution < -0.4 is 0 Å². The summed E-state index contributed by atoms with van der Waals surface area (Å²) in [6, 6.07) is 5.40. The van der Waals surface area contributed by atoms with Crippen LogP contribution in [-0.2, 0) is 13.6 Å². The molecule has 3 nitrogen and oxygen atoms in total. The molecule has 0 fully saturated rings. The molecule has 6 heteroatoms. The third-order valence-electron chi connectivity index (χ3n) is 3.22. The number of carbonyl (C=O) groups excluding carboxylic acids is 1. The Hall–Kier alpha value is -1.69. The van der Waals surface area contributed by atoms with Gasteiger partial charge in [-0.05, 0) is 46.6 Å². The van der Waals surface area contributed by atoms with Crippen molar-refractivity contribution in [3.05, 3.63) is 57.8 Å². The number of aromatic nitrogens is 1. The lowest BCUT2D eigenvalue weighted by molar-refractivity contribution is 0.0743. The highest BCUT2D eigenvalue weighted by Gasteiger charge is 2.18. The Balaban J connectivity index is 2.21. The van der Waals surface area contributed by atoms with Gasteiger partial charge >= 0.3 is 0 Å². The number of nitrogens with zero attached hydrogens (tertiary/aromatic N) is 2. The number of benzene rings is 1. The molecule has 0 spiro atoms. The molecule has 2 aromatic rings. The number of carbonyl (C=O) groups is 1. The van der Waals surface area contributed by atoms with Crippen LogP contribution in [0, 0.1) is 11.6 Å². The van der Waals surface area contributed by atoms with Gasteiger partial charge in [0.05, 0.1) is 0 Å². The average molecular weight is 357 g/mol. The second-order valence-electron chi connectivity index (χ2n) is 4.72. The van der Waals surface area contributed by atoms with Crippen molar-refractivity contribution in [2.45, 2.75) is 13.5 Å². The van der Waals surface area contributed by atoms with E-state index in [1.54, 1.807) is 28.8 Å². The van der Waals surface area contributed by atoms with Gasteiger partial charge in [-0.15, -0.1) is 0 Å². The van der Waals surface area contributed by atoms with E-state index in [-0.39, 0.29) is 12.5 Å². The molecule has 0 radical (unpaired) electrons. The molecule has 0 aliphatic heterocycles. The van der Waals surface area contributed by atoms with E-state index in [1.165, 1.54) is 6.07 Å². The molecule has 0 bridgehead atoms. The smallest absolute Gasteiger partial charge is 0.270 e. The van der Waals surface area contributed by atoms with Gasteiger partial charge in [0.25, 0.3) is 5.91 Å². The van der Waals surface area contributed by atoms with E-state index in [9.17, 15) is 13.6 Å². The minimum absolute atomic E-state index is 0.157. The van der Waals surface area contributed by atoms with E-state index < -0.39 is 11.6 Å². The summed E-state index contributed by atoms with van der Waals surface area (Å²) in [5.74, 6) is -1.95. The molecule has 0 unspecified atom stereocenters. The Kier molecular flexibility index (Phi) is 4.77. The lowest BCUT2D eigenvalue weighted by atomic mass is 10.2. The van der Waals surface area contributed by atoms with E-state index in [1.807, 2.05) is 6.92 Å². The van der Waals surface area contributed by atoms with E-state index in [0.29, 0.717) is 17.8 Å². The van der Waals surface area contributed by atoms with Crippen LogP contribution in [0.15, 0.2) is 34.9 Å². The van der Waals surface area contributed by atoms with Crippen LogP contribution in [-0.4, -0.2) is 21.9 Å². The fourth-order valence-electron chi connectivity index (χ4n) is 2.08. The summed E-state index contributed by atoms with van der Waals surface area (Å²) >= 11 is 3.32. The summed E-state index contributed by atoms with van der Waals surface area (Å²) in [7, 11) is 1.78. The molecule has 0 atom stereocenters. The van der Waals surface area contributed by atoms with Gasteiger partial charge in [-0.25, -0.2) is 8.78 Å². The predicted molar refractivity (Wildman–Crippen MR) is 79.9 cm³/mol. The molecular weight excluding hydrogens is 342 g/mol. The average Bonchev–Trinajstić information content (AvgIpc) is 2.78. The highest BCUT2D eigenvalue weighted by molar-refractivity contribution is 9.10. The molecule has 1 aromatic heterocycles. The minimum Gasteiger partial charge on any atom is -0.345 e. The first-order chi connectivity index (χ1) is 9.92. The van der Waals surface area contributed by atoms with Crippen LogP contribution in [0.5, 0.6) is 0 Å². The maximum atomic E-state index is 13.2. The summed E-state index contributed by atoms with van der Waals surface area (Å²) in [4.78, 5) is 14.1. The first kappa shape index (κ1) is 15.7. The molecule has 0 aliphatic carbocycles.